The zero-order chi connectivity index (χ0) is 19.8. The van der Waals surface area contributed by atoms with E-state index in [2.05, 4.69) is 39.6 Å². The summed E-state index contributed by atoms with van der Waals surface area (Å²) in [5.74, 6) is 0.504. The third-order valence-electron chi connectivity index (χ3n) is 4.94. The minimum atomic E-state index is -0.117. The van der Waals surface area contributed by atoms with Gasteiger partial charge in [0.2, 0.25) is 0 Å². The fourth-order valence-corrected chi connectivity index (χ4v) is 4.46. The molecule has 0 fully saturated rings. The second kappa shape index (κ2) is 7.11. The molecule has 29 heavy (non-hydrogen) atoms. The molecule has 1 N–H and O–H groups in total. The molecule has 1 aromatic carbocycles. The highest BCUT2D eigenvalue weighted by molar-refractivity contribution is 7.16. The van der Waals surface area contributed by atoms with E-state index in [9.17, 15) is 4.79 Å². The summed E-state index contributed by atoms with van der Waals surface area (Å²) >= 11 is 1.67. The number of nitrogens with zero attached hydrogens (tertiary/aromatic N) is 2. The second-order valence-electron chi connectivity index (χ2n) is 6.83. The molecule has 0 saturated heterocycles. The summed E-state index contributed by atoms with van der Waals surface area (Å²) in [5.41, 5.74) is 5.57. The van der Waals surface area contributed by atoms with E-state index in [0.29, 0.717) is 11.4 Å². The van der Waals surface area contributed by atoms with Gasteiger partial charge < -0.3 is 5.32 Å². The monoisotopic (exact) mass is 395 g/mol. The van der Waals surface area contributed by atoms with E-state index >= 15 is 0 Å². The normalized spacial score (nSPS) is 14.1. The van der Waals surface area contributed by atoms with E-state index in [1.54, 1.807) is 23.7 Å². The first kappa shape index (κ1) is 17.5. The highest BCUT2D eigenvalue weighted by Crippen LogP contribution is 2.37. The lowest BCUT2D eigenvalue weighted by atomic mass is 10.0. The number of thiophene rings is 1. The lowest BCUT2D eigenvalue weighted by Gasteiger charge is -2.08. The Morgan fingerprint density at radius 1 is 0.931 bits per heavy atom. The number of aryl methyl sites for hydroxylation is 1. The van der Waals surface area contributed by atoms with Crippen molar-refractivity contribution in [2.24, 2.45) is 0 Å². The van der Waals surface area contributed by atoms with Crippen LogP contribution in [0.25, 0.3) is 33.2 Å². The predicted molar refractivity (Wildman–Crippen MR) is 118 cm³/mol. The van der Waals surface area contributed by atoms with Crippen LogP contribution in [0.5, 0.6) is 0 Å². The van der Waals surface area contributed by atoms with Gasteiger partial charge >= 0.3 is 0 Å². The Hall–Kier alpha value is -3.57. The number of anilines is 1. The third kappa shape index (κ3) is 3.26. The van der Waals surface area contributed by atoms with E-state index in [4.69, 9.17) is 0 Å². The molecule has 5 heteroatoms. The van der Waals surface area contributed by atoms with Crippen LogP contribution in [0, 0.1) is 6.92 Å². The van der Waals surface area contributed by atoms with Gasteiger partial charge in [0.15, 0.2) is 0 Å². The number of pyridine rings is 2. The summed E-state index contributed by atoms with van der Waals surface area (Å²) in [6.45, 7) is 1.95. The van der Waals surface area contributed by atoms with E-state index < -0.39 is 0 Å². The maximum atomic E-state index is 12.6. The minimum absolute atomic E-state index is 0.117. The van der Waals surface area contributed by atoms with Crippen molar-refractivity contribution in [2.75, 3.05) is 5.32 Å². The Kier molecular flexibility index (Phi) is 4.30. The molecular weight excluding hydrogens is 378 g/mol. The zero-order valence-electron chi connectivity index (χ0n) is 15.7. The molecule has 0 atom stereocenters. The number of rotatable bonds is 3. The molecule has 1 aliphatic heterocycles. The average Bonchev–Trinajstić information content (AvgIpc) is 3.33. The van der Waals surface area contributed by atoms with Crippen LogP contribution in [0.2, 0.25) is 0 Å². The van der Waals surface area contributed by atoms with Crippen molar-refractivity contribution < 1.29 is 4.79 Å². The highest BCUT2D eigenvalue weighted by atomic mass is 32.1. The summed E-state index contributed by atoms with van der Waals surface area (Å²) < 4.78 is 0. The number of carbonyl (C=O) groups excluding carboxylic acids is 1. The molecule has 140 valence electrons. The summed E-state index contributed by atoms with van der Waals surface area (Å²) in [5, 5.41) is 2.90. The van der Waals surface area contributed by atoms with Crippen molar-refractivity contribution in [2.45, 2.75) is 6.92 Å². The number of hydrogen-bond acceptors (Lipinski definition) is 4. The van der Waals surface area contributed by atoms with Crippen molar-refractivity contribution in [1.29, 1.82) is 0 Å². The van der Waals surface area contributed by atoms with Gasteiger partial charge in [-0.3, -0.25) is 9.78 Å². The molecule has 1 amide bonds. The van der Waals surface area contributed by atoms with Crippen LogP contribution in [0.4, 0.5) is 5.82 Å². The van der Waals surface area contributed by atoms with E-state index in [-0.39, 0.29) is 5.91 Å². The van der Waals surface area contributed by atoms with Crippen LogP contribution in [0.15, 0.2) is 73.1 Å². The summed E-state index contributed by atoms with van der Waals surface area (Å²) in [4.78, 5) is 23.6. The van der Waals surface area contributed by atoms with Crippen LogP contribution >= 0.6 is 11.3 Å². The van der Waals surface area contributed by atoms with Crippen molar-refractivity contribution in [3.63, 3.8) is 0 Å². The lowest BCUT2D eigenvalue weighted by Crippen LogP contribution is -2.04. The number of hydrogen-bond donors (Lipinski definition) is 1. The second-order valence-corrected chi connectivity index (χ2v) is 7.95. The summed E-state index contributed by atoms with van der Waals surface area (Å²) in [7, 11) is 0. The Balaban J connectivity index is 1.57. The smallest absolute Gasteiger partial charge is 0.257 e. The Bertz CT molecular complexity index is 1240. The molecule has 0 radical (unpaired) electrons. The zero-order valence-corrected chi connectivity index (χ0v) is 16.5. The van der Waals surface area contributed by atoms with Crippen LogP contribution in [-0.4, -0.2) is 15.9 Å². The third-order valence-corrected chi connectivity index (χ3v) is 6.02. The molecule has 0 saturated carbocycles. The fourth-order valence-electron chi connectivity index (χ4n) is 3.50. The van der Waals surface area contributed by atoms with Crippen LogP contribution in [-0.2, 0) is 4.79 Å². The van der Waals surface area contributed by atoms with Crippen molar-refractivity contribution in [1.82, 2.24) is 9.97 Å². The Labute approximate surface area is 172 Å². The molecule has 0 aliphatic carbocycles. The maximum absolute atomic E-state index is 12.6. The van der Waals surface area contributed by atoms with Gasteiger partial charge in [0.05, 0.1) is 5.57 Å². The highest BCUT2D eigenvalue weighted by Gasteiger charge is 2.27. The molecule has 4 aromatic rings. The molecular formula is C24H17N3OS. The minimum Gasteiger partial charge on any atom is -0.306 e. The SMILES string of the molecule is Cc1nc2c(cc1-c1ccncc1)C(=Cc1ccc(-c3ccccc3)s1)C(=O)N2. The molecule has 5 rings (SSSR count). The number of carbonyl (C=O) groups is 1. The van der Waals surface area contributed by atoms with Crippen molar-refractivity contribution in [3.05, 3.63) is 89.2 Å². The van der Waals surface area contributed by atoms with Gasteiger partial charge in [-0.1, -0.05) is 30.3 Å². The van der Waals surface area contributed by atoms with Crippen molar-refractivity contribution >= 4 is 34.7 Å². The molecule has 4 heterocycles. The van der Waals surface area contributed by atoms with E-state index in [1.807, 2.05) is 49.4 Å². The number of benzene rings is 1. The van der Waals surface area contributed by atoms with Gasteiger partial charge in [0.25, 0.3) is 5.91 Å². The standard InChI is InChI=1S/C24H17N3OS/c1-15-19(16-9-11-25-12-10-16)14-20-21(24(28)27-23(20)26-15)13-18-7-8-22(29-18)17-5-3-2-4-6-17/h2-14H,1H3,(H,26,27,28). The quantitative estimate of drug-likeness (QED) is 0.455. The van der Waals surface area contributed by atoms with Gasteiger partial charge in [-0.25, -0.2) is 4.98 Å². The van der Waals surface area contributed by atoms with E-state index in [1.165, 1.54) is 10.4 Å². The van der Waals surface area contributed by atoms with Crippen LogP contribution in [0.1, 0.15) is 16.1 Å². The first-order chi connectivity index (χ1) is 14.2. The van der Waals surface area contributed by atoms with Crippen LogP contribution in [0.3, 0.4) is 0 Å². The van der Waals surface area contributed by atoms with Gasteiger partial charge in [-0.2, -0.15) is 0 Å². The first-order valence-electron chi connectivity index (χ1n) is 9.30. The topological polar surface area (TPSA) is 54.9 Å². The molecule has 0 bridgehead atoms. The fraction of sp³-hybridized carbons (Fsp3) is 0.0417. The van der Waals surface area contributed by atoms with E-state index in [0.717, 1.165) is 27.3 Å². The number of fused-ring (bicyclic) bond motifs is 1. The maximum Gasteiger partial charge on any atom is 0.257 e. The average molecular weight is 395 g/mol. The molecule has 0 spiro atoms. The molecule has 3 aromatic heterocycles. The lowest BCUT2D eigenvalue weighted by molar-refractivity contribution is -0.110. The summed E-state index contributed by atoms with van der Waals surface area (Å²) in [6, 6.07) is 20.3. The first-order valence-corrected chi connectivity index (χ1v) is 10.1. The van der Waals surface area contributed by atoms with Crippen LogP contribution < -0.4 is 5.32 Å². The summed E-state index contributed by atoms with van der Waals surface area (Å²) in [6.07, 6.45) is 5.48. The van der Waals surface area contributed by atoms with Gasteiger partial charge in [0.1, 0.15) is 5.82 Å². The van der Waals surface area contributed by atoms with Crippen molar-refractivity contribution in [3.8, 4) is 21.6 Å². The molecule has 1 aliphatic rings. The number of amides is 1. The van der Waals surface area contributed by atoms with Gasteiger partial charge in [-0.05, 0) is 54.5 Å². The van der Waals surface area contributed by atoms with Gasteiger partial charge in [-0.15, -0.1) is 11.3 Å². The molecule has 4 nitrogen and oxygen atoms in total. The largest absolute Gasteiger partial charge is 0.306 e. The Morgan fingerprint density at radius 3 is 2.52 bits per heavy atom. The van der Waals surface area contributed by atoms with Gasteiger partial charge in [0, 0.05) is 39.0 Å². The predicted octanol–water partition coefficient (Wildman–Crippen LogP) is 5.67. The number of aromatic nitrogens is 2. The Morgan fingerprint density at radius 2 is 1.72 bits per heavy atom. The molecule has 0 unspecified atom stereocenters. The number of nitrogens with one attached hydrogen (secondary N) is 1.